The van der Waals surface area contributed by atoms with Crippen LogP contribution in [0.5, 0.6) is 0 Å². The Labute approximate surface area is 141 Å². The van der Waals surface area contributed by atoms with Gasteiger partial charge in [0.15, 0.2) is 0 Å². The maximum absolute atomic E-state index is 11.6. The molecule has 0 spiro atoms. The summed E-state index contributed by atoms with van der Waals surface area (Å²) in [4.78, 5) is 11.6. The number of rotatable bonds is 6. The first-order valence-electron chi connectivity index (χ1n) is 7.13. The minimum atomic E-state index is -2.58. The molecule has 1 rings (SSSR count). The summed E-state index contributed by atoms with van der Waals surface area (Å²) in [6.07, 6.45) is -5.38. The first kappa shape index (κ1) is 17.9. The average Bonchev–Trinajstić information content (AvgIpc) is 2.48. The Kier molecular flexibility index (Phi) is 6.77. The first-order chi connectivity index (χ1) is 10.2. The molecule has 0 aliphatic carbocycles. The molecule has 1 aliphatic heterocycles. The Bertz CT molecular complexity index is 391. The van der Waals surface area contributed by atoms with Crippen LogP contribution in [0, 0.1) is 5.92 Å². The molecule has 0 aromatic rings. The van der Waals surface area contributed by atoms with E-state index < -0.39 is 62.3 Å². The number of ether oxygens (including phenoxy) is 1. The Hall–Kier alpha value is 0.596. The van der Waals surface area contributed by atoms with Crippen molar-refractivity contribution in [3.8, 4) is 0 Å². The van der Waals surface area contributed by atoms with Gasteiger partial charge >= 0.3 is 141 Å². The molecule has 10 heteroatoms. The molecule has 0 bridgehead atoms. The molecule has 0 saturated carbocycles. The third-order valence-electron chi connectivity index (χ3n) is 3.51. The number of aliphatic carboxylic acids is 1. The fourth-order valence-electron chi connectivity index (χ4n) is 2.15. The molecule has 1 aliphatic rings. The Morgan fingerprint density at radius 2 is 2.29 bits per heavy atom. The van der Waals surface area contributed by atoms with Crippen LogP contribution in [0.15, 0.2) is 0 Å². The molecule has 1 heterocycles. The summed E-state index contributed by atoms with van der Waals surface area (Å²) in [5, 5.41) is 39.4. The van der Waals surface area contributed by atoms with E-state index in [0.29, 0.717) is 0 Å². The number of aliphatic hydroxyl groups excluding tert-OH is 3. The summed E-state index contributed by atoms with van der Waals surface area (Å²) < 4.78 is 21.0. The van der Waals surface area contributed by atoms with Gasteiger partial charge in [-0.25, -0.2) is 0 Å². The number of carbonyl (C=O) groups is 1. The number of halogens is 1. The molecule has 21 heavy (non-hydrogen) atoms. The molecule has 0 aromatic heterocycles. The second kappa shape index (κ2) is 7.92. The van der Waals surface area contributed by atoms with Gasteiger partial charge in [0, 0.05) is 0 Å². The molecule has 8 nitrogen and oxygen atoms in total. The molecular formula is C11H21GaINO7. The van der Waals surface area contributed by atoms with Crippen LogP contribution in [0.3, 0.4) is 0 Å². The second-order valence-corrected chi connectivity index (χ2v) is 14.0. The Balaban J connectivity index is 3.07. The summed E-state index contributed by atoms with van der Waals surface area (Å²) in [5.41, 5.74) is 0. The van der Waals surface area contributed by atoms with E-state index in [0.717, 1.165) is 0 Å². The Morgan fingerprint density at radius 3 is 2.76 bits per heavy atom. The number of carboxylic acids is 1. The van der Waals surface area contributed by atoms with E-state index in [-0.39, 0.29) is 6.42 Å². The zero-order valence-corrected chi connectivity index (χ0v) is 16.4. The summed E-state index contributed by atoms with van der Waals surface area (Å²) in [6, 6.07) is 0. The first-order valence-corrected chi connectivity index (χ1v) is 16.0. The third kappa shape index (κ3) is 4.54. The zero-order valence-electron chi connectivity index (χ0n) is 12.8. The monoisotopic (exact) mass is 476 g/mol. The Morgan fingerprint density at radius 1 is 1.67 bits per heavy atom. The standard InChI is InChI=1S/C10H17O7.CH4N.Ga.HI/c1-4-6(12)3-10(16,9(14)15)17-8(4)7(13)5(2)11;1-2;;/h4-8,11-13H,3H2,1-2H3,(H,14,15);2H,1H3;;1H/q2*-1;+3;/p-1/i2D;;;. The van der Waals surface area contributed by atoms with Crippen molar-refractivity contribution in [2.75, 3.05) is 7.05 Å². The van der Waals surface area contributed by atoms with Crippen molar-refractivity contribution in [3.05, 3.63) is 0 Å². The molecule has 122 valence electrons. The topological polar surface area (TPSA) is 128 Å². The van der Waals surface area contributed by atoms with Crippen molar-refractivity contribution in [1.82, 2.24) is 4.02 Å². The van der Waals surface area contributed by atoms with Crippen molar-refractivity contribution in [2.45, 2.75) is 50.4 Å². The molecule has 5 N–H and O–H groups in total. The molecular weight excluding hydrogens is 455 g/mol. The van der Waals surface area contributed by atoms with E-state index in [1.807, 2.05) is 19.7 Å². The molecule has 1 saturated heterocycles. The zero-order chi connectivity index (χ0) is 17.1. The second-order valence-electron chi connectivity index (χ2n) is 5.05. The van der Waals surface area contributed by atoms with Gasteiger partial charge in [-0.05, 0) is 0 Å². The van der Waals surface area contributed by atoms with Crippen LogP contribution in [0.1, 0.15) is 21.6 Å². The molecule has 6 unspecified atom stereocenters. The number of hydrogen-bond donors (Lipinski definition) is 5. The van der Waals surface area contributed by atoms with Crippen LogP contribution < -0.4 is 4.02 Å². The van der Waals surface area contributed by atoms with Gasteiger partial charge in [0.05, 0.1) is 0 Å². The summed E-state index contributed by atoms with van der Waals surface area (Å²) >= 11 is -0.586. The van der Waals surface area contributed by atoms with Crippen molar-refractivity contribution >= 4 is 38.9 Å². The van der Waals surface area contributed by atoms with E-state index in [1.165, 1.54) is 0 Å². The minimum absolute atomic E-state index is 0.268. The predicted molar refractivity (Wildman–Crippen MR) is 82.6 cm³/mol. The van der Waals surface area contributed by atoms with Crippen molar-refractivity contribution < 1.29 is 34.9 Å². The van der Waals surface area contributed by atoms with Gasteiger partial charge in [0.2, 0.25) is 0 Å². The van der Waals surface area contributed by atoms with Gasteiger partial charge < -0.3 is 0 Å². The van der Waals surface area contributed by atoms with Gasteiger partial charge in [-0.15, -0.1) is 0 Å². The number of carboxylic acid groups (broad SMARTS) is 1. The van der Waals surface area contributed by atoms with E-state index in [9.17, 15) is 25.2 Å². The molecule has 0 aromatic carbocycles. The predicted octanol–water partition coefficient (Wildman–Crippen LogP) is -1.05. The molecule has 0 radical (unpaired) electrons. The molecule has 0 amide bonds. The van der Waals surface area contributed by atoms with Gasteiger partial charge in [-0.2, -0.15) is 0 Å². The summed E-state index contributed by atoms with van der Waals surface area (Å²) in [7, 11) is 1.64. The quantitative estimate of drug-likeness (QED) is 0.243. The third-order valence-corrected chi connectivity index (χ3v) is 10.2. The van der Waals surface area contributed by atoms with Crippen LogP contribution in [0.25, 0.3) is 0 Å². The van der Waals surface area contributed by atoms with Crippen LogP contribution in [-0.4, -0.2) is 76.9 Å². The van der Waals surface area contributed by atoms with Crippen LogP contribution in [0.2, 0.25) is 0 Å². The maximum atomic E-state index is 11.6. The van der Waals surface area contributed by atoms with Crippen molar-refractivity contribution in [1.29, 1.82) is 0 Å². The summed E-state index contributed by atoms with van der Waals surface area (Å²) in [5.74, 6) is -4.06. The van der Waals surface area contributed by atoms with Gasteiger partial charge in [-0.3, -0.25) is 0 Å². The normalized spacial score (nSPS) is 36.7. The van der Waals surface area contributed by atoms with Crippen LogP contribution in [-0.2, 0) is 13.1 Å². The van der Waals surface area contributed by atoms with Crippen molar-refractivity contribution in [3.63, 3.8) is 0 Å². The molecule has 6 atom stereocenters. The SMILES string of the molecule is [2H]CC(O)C(O)C1OC([O][Ga]([I])[NH]C)(C(=O)O)CC(O)C1C. The number of hydrogen-bond acceptors (Lipinski definition) is 7. The van der Waals surface area contributed by atoms with E-state index >= 15 is 0 Å². The van der Waals surface area contributed by atoms with Crippen LogP contribution in [0.4, 0.5) is 0 Å². The van der Waals surface area contributed by atoms with Gasteiger partial charge in [0.1, 0.15) is 0 Å². The number of aliphatic hydroxyl groups is 3. The van der Waals surface area contributed by atoms with Gasteiger partial charge in [-0.1, -0.05) is 0 Å². The fraction of sp³-hybridized carbons (Fsp3) is 0.909. The summed E-state index contributed by atoms with van der Waals surface area (Å²) in [6.45, 7) is 1.12. The van der Waals surface area contributed by atoms with E-state index in [2.05, 4.69) is 4.02 Å². The van der Waals surface area contributed by atoms with Gasteiger partial charge in [0.25, 0.3) is 0 Å². The van der Waals surface area contributed by atoms with E-state index in [1.54, 1.807) is 14.0 Å². The number of nitrogens with one attached hydrogen (secondary N) is 1. The molecule has 1 fully saturated rings. The van der Waals surface area contributed by atoms with E-state index in [4.69, 9.17) is 9.64 Å². The average molecular weight is 477 g/mol. The fourth-order valence-corrected chi connectivity index (χ4v) is 5.76. The van der Waals surface area contributed by atoms with Crippen molar-refractivity contribution in [2.24, 2.45) is 5.92 Å². The van der Waals surface area contributed by atoms with Crippen LogP contribution >= 0.6 is 19.7 Å².